The van der Waals surface area contributed by atoms with Gasteiger partial charge in [-0.05, 0) is 49.6 Å². The van der Waals surface area contributed by atoms with Gasteiger partial charge in [-0.15, -0.1) is 0 Å². The van der Waals surface area contributed by atoms with Gasteiger partial charge < -0.3 is 16.0 Å². The van der Waals surface area contributed by atoms with E-state index in [9.17, 15) is 4.39 Å². The zero-order valence-electron chi connectivity index (χ0n) is 12.0. The van der Waals surface area contributed by atoms with Gasteiger partial charge >= 0.3 is 0 Å². The topological polar surface area (TPSA) is 82.1 Å². The molecule has 5 nitrogen and oxygen atoms in total. The number of benzene rings is 1. The Labute approximate surface area is 123 Å². The van der Waals surface area contributed by atoms with Gasteiger partial charge in [0.15, 0.2) is 5.84 Å². The second-order valence-electron chi connectivity index (χ2n) is 5.47. The SMILES string of the molecule is N/C(=N/O)c1cc(F)cc(CN2CCCCC2CCO)c1. The van der Waals surface area contributed by atoms with E-state index in [1.165, 1.54) is 18.6 Å². The largest absolute Gasteiger partial charge is 0.409 e. The molecule has 1 heterocycles. The van der Waals surface area contributed by atoms with Crippen molar-refractivity contribution in [3.05, 3.63) is 35.1 Å². The summed E-state index contributed by atoms with van der Waals surface area (Å²) in [4.78, 5) is 2.27. The number of oxime groups is 1. The average molecular weight is 295 g/mol. The Bertz CT molecular complexity index is 506. The van der Waals surface area contributed by atoms with Crippen LogP contribution < -0.4 is 5.73 Å². The molecule has 0 radical (unpaired) electrons. The van der Waals surface area contributed by atoms with Crippen LogP contribution >= 0.6 is 0 Å². The summed E-state index contributed by atoms with van der Waals surface area (Å²) in [5.41, 5.74) is 6.70. The van der Waals surface area contributed by atoms with E-state index in [2.05, 4.69) is 10.1 Å². The van der Waals surface area contributed by atoms with Crippen LogP contribution in [0.25, 0.3) is 0 Å². The van der Waals surface area contributed by atoms with Crippen molar-refractivity contribution >= 4 is 5.84 Å². The Morgan fingerprint density at radius 2 is 2.19 bits per heavy atom. The monoisotopic (exact) mass is 295 g/mol. The second kappa shape index (κ2) is 7.38. The number of rotatable bonds is 5. The summed E-state index contributed by atoms with van der Waals surface area (Å²) in [6, 6.07) is 4.79. The number of aliphatic hydroxyl groups is 1. The molecule has 0 amide bonds. The first-order valence-corrected chi connectivity index (χ1v) is 7.26. The van der Waals surface area contributed by atoms with Gasteiger partial charge in [-0.25, -0.2) is 4.39 Å². The smallest absolute Gasteiger partial charge is 0.170 e. The lowest BCUT2D eigenvalue weighted by Gasteiger charge is -2.35. The molecule has 0 spiro atoms. The number of halogens is 1. The predicted octanol–water partition coefficient (Wildman–Crippen LogP) is 1.66. The molecule has 1 atom stereocenters. The third-order valence-electron chi connectivity index (χ3n) is 3.96. The van der Waals surface area contributed by atoms with Gasteiger partial charge in [0.2, 0.25) is 0 Å². The first-order chi connectivity index (χ1) is 10.1. The van der Waals surface area contributed by atoms with Crippen LogP contribution in [0.5, 0.6) is 0 Å². The van der Waals surface area contributed by atoms with Gasteiger partial charge in [0, 0.05) is 24.8 Å². The predicted molar refractivity (Wildman–Crippen MR) is 78.7 cm³/mol. The van der Waals surface area contributed by atoms with Gasteiger partial charge in [0.25, 0.3) is 0 Å². The molecule has 1 unspecified atom stereocenters. The van der Waals surface area contributed by atoms with E-state index < -0.39 is 5.82 Å². The molecule has 1 aromatic rings. The van der Waals surface area contributed by atoms with Crippen LogP contribution in [0.2, 0.25) is 0 Å². The highest BCUT2D eigenvalue weighted by Crippen LogP contribution is 2.22. The van der Waals surface area contributed by atoms with E-state index in [1.807, 2.05) is 0 Å². The van der Waals surface area contributed by atoms with Gasteiger partial charge in [-0.2, -0.15) is 0 Å². The molecule has 2 rings (SSSR count). The molecule has 4 N–H and O–H groups in total. The minimum absolute atomic E-state index is 0.0960. The van der Waals surface area contributed by atoms with E-state index in [0.29, 0.717) is 18.2 Å². The molecule has 0 aliphatic carbocycles. The van der Waals surface area contributed by atoms with E-state index in [-0.39, 0.29) is 12.4 Å². The molecular formula is C15H22FN3O2. The van der Waals surface area contributed by atoms with E-state index in [1.54, 1.807) is 6.07 Å². The highest BCUT2D eigenvalue weighted by molar-refractivity contribution is 5.97. The Kier molecular flexibility index (Phi) is 5.52. The van der Waals surface area contributed by atoms with Crippen molar-refractivity contribution in [2.75, 3.05) is 13.2 Å². The molecule has 6 heteroatoms. The zero-order valence-corrected chi connectivity index (χ0v) is 12.0. The van der Waals surface area contributed by atoms with Crippen molar-refractivity contribution in [1.82, 2.24) is 4.90 Å². The fourth-order valence-electron chi connectivity index (χ4n) is 2.93. The maximum Gasteiger partial charge on any atom is 0.170 e. The fraction of sp³-hybridized carbons (Fsp3) is 0.533. The molecule has 1 aliphatic rings. The van der Waals surface area contributed by atoms with Crippen molar-refractivity contribution in [3.63, 3.8) is 0 Å². The second-order valence-corrected chi connectivity index (χ2v) is 5.47. The van der Waals surface area contributed by atoms with Gasteiger partial charge in [0.05, 0.1) is 0 Å². The van der Waals surface area contributed by atoms with Crippen molar-refractivity contribution in [3.8, 4) is 0 Å². The number of piperidine rings is 1. The van der Waals surface area contributed by atoms with Crippen LogP contribution in [0, 0.1) is 5.82 Å². The summed E-state index contributed by atoms with van der Waals surface area (Å²) >= 11 is 0. The Morgan fingerprint density at radius 3 is 2.90 bits per heavy atom. The lowest BCUT2D eigenvalue weighted by atomic mass is 9.98. The number of likely N-dealkylation sites (tertiary alicyclic amines) is 1. The van der Waals surface area contributed by atoms with Gasteiger partial charge in [-0.1, -0.05) is 11.6 Å². The summed E-state index contributed by atoms with van der Waals surface area (Å²) < 4.78 is 13.7. The molecule has 1 fully saturated rings. The highest BCUT2D eigenvalue weighted by Gasteiger charge is 2.22. The molecule has 0 saturated carbocycles. The van der Waals surface area contributed by atoms with Crippen LogP contribution in [0.15, 0.2) is 23.4 Å². The lowest BCUT2D eigenvalue weighted by molar-refractivity contribution is 0.112. The standard InChI is InChI=1S/C15H22FN3O2/c16-13-8-11(7-12(9-13)15(17)18-21)10-19-5-2-1-3-14(19)4-6-20/h7-9,14,20-21H,1-6,10H2,(H2,17,18). The van der Waals surface area contributed by atoms with Gasteiger partial charge in [-0.3, -0.25) is 4.90 Å². The summed E-state index contributed by atoms with van der Waals surface area (Å²) in [5.74, 6) is -0.494. The first kappa shape index (κ1) is 15.7. The van der Waals surface area contributed by atoms with E-state index >= 15 is 0 Å². The van der Waals surface area contributed by atoms with Crippen molar-refractivity contribution in [2.24, 2.45) is 10.9 Å². The minimum atomic E-state index is -0.398. The van der Waals surface area contributed by atoms with Crippen LogP contribution in [0.3, 0.4) is 0 Å². The van der Waals surface area contributed by atoms with Crippen molar-refractivity contribution in [2.45, 2.75) is 38.3 Å². The summed E-state index contributed by atoms with van der Waals surface area (Å²) in [5, 5.41) is 20.8. The number of amidine groups is 1. The molecule has 1 aliphatic heterocycles. The third kappa shape index (κ3) is 4.15. The van der Waals surface area contributed by atoms with E-state index in [4.69, 9.17) is 16.0 Å². The Balaban J connectivity index is 2.15. The summed E-state index contributed by atoms with van der Waals surface area (Å²) in [6.45, 7) is 1.72. The fourth-order valence-corrected chi connectivity index (χ4v) is 2.93. The zero-order chi connectivity index (χ0) is 15.2. The quantitative estimate of drug-likeness (QED) is 0.334. The summed E-state index contributed by atoms with van der Waals surface area (Å²) in [7, 11) is 0. The van der Waals surface area contributed by atoms with Crippen LogP contribution in [-0.4, -0.2) is 40.2 Å². The Hall–Kier alpha value is -1.66. The molecule has 116 valence electrons. The van der Waals surface area contributed by atoms with E-state index in [0.717, 1.165) is 31.4 Å². The number of hydrogen-bond acceptors (Lipinski definition) is 4. The van der Waals surface area contributed by atoms with Crippen molar-refractivity contribution in [1.29, 1.82) is 0 Å². The molecule has 1 aromatic carbocycles. The number of nitrogens with two attached hydrogens (primary N) is 1. The first-order valence-electron chi connectivity index (χ1n) is 7.26. The van der Waals surface area contributed by atoms with Gasteiger partial charge in [0.1, 0.15) is 5.82 Å². The van der Waals surface area contributed by atoms with Crippen LogP contribution in [0.1, 0.15) is 36.8 Å². The number of hydrogen-bond donors (Lipinski definition) is 3. The highest BCUT2D eigenvalue weighted by atomic mass is 19.1. The number of aliphatic hydroxyl groups excluding tert-OH is 1. The average Bonchev–Trinajstić information content (AvgIpc) is 2.48. The molecule has 0 bridgehead atoms. The number of nitrogens with zero attached hydrogens (tertiary/aromatic N) is 2. The minimum Gasteiger partial charge on any atom is -0.409 e. The van der Waals surface area contributed by atoms with Crippen LogP contribution in [0.4, 0.5) is 4.39 Å². The molecule has 1 saturated heterocycles. The maximum absolute atomic E-state index is 13.7. The van der Waals surface area contributed by atoms with Crippen molar-refractivity contribution < 1.29 is 14.7 Å². The lowest BCUT2D eigenvalue weighted by Crippen LogP contribution is -2.39. The maximum atomic E-state index is 13.7. The Morgan fingerprint density at radius 1 is 1.38 bits per heavy atom. The summed E-state index contributed by atoms with van der Waals surface area (Å²) in [6.07, 6.45) is 4.08. The molecule has 0 aromatic heterocycles. The van der Waals surface area contributed by atoms with Crippen LogP contribution in [-0.2, 0) is 6.54 Å². The third-order valence-corrected chi connectivity index (χ3v) is 3.96. The normalized spacial score (nSPS) is 20.7. The molecular weight excluding hydrogens is 273 g/mol. The molecule has 21 heavy (non-hydrogen) atoms.